The third-order valence-corrected chi connectivity index (χ3v) is 12.0. The van der Waals surface area contributed by atoms with Crippen molar-refractivity contribution in [1.82, 2.24) is 5.32 Å². The molecule has 0 atom stereocenters. The second kappa shape index (κ2) is 26.2. The van der Waals surface area contributed by atoms with Crippen molar-refractivity contribution < 1.29 is 0 Å². The summed E-state index contributed by atoms with van der Waals surface area (Å²) in [6.45, 7) is 9.48. The quantitative estimate of drug-likeness (QED) is 0.0894. The molecule has 0 aromatic heterocycles. The van der Waals surface area contributed by atoms with E-state index in [1.807, 2.05) is 0 Å². The van der Waals surface area contributed by atoms with E-state index in [1.54, 1.807) is 36.4 Å². The molecular weight excluding hydrogens is 385 g/mol. The van der Waals surface area contributed by atoms with Gasteiger partial charge in [-0.25, -0.2) is 5.32 Å². The van der Waals surface area contributed by atoms with Gasteiger partial charge in [-0.15, -0.1) is 0 Å². The van der Waals surface area contributed by atoms with Crippen LogP contribution in [0.25, 0.3) is 0 Å². The Labute approximate surface area is 190 Å². The van der Waals surface area contributed by atoms with Crippen LogP contribution in [0.3, 0.4) is 0 Å². The molecule has 4 heteroatoms. The fourth-order valence-corrected chi connectivity index (χ4v) is 10.2. The largest absolute Gasteiger partial charge is 0.229 e. The zero-order valence-corrected chi connectivity index (χ0v) is 22.0. The van der Waals surface area contributed by atoms with Gasteiger partial charge in [-0.3, -0.25) is 0 Å². The van der Waals surface area contributed by atoms with Crippen LogP contribution in [0.2, 0.25) is 0 Å². The van der Waals surface area contributed by atoms with Gasteiger partial charge in [0.1, 0.15) is 0 Å². The van der Waals surface area contributed by atoms with Gasteiger partial charge < -0.3 is 0 Å². The molecular formula is C26H54N3P. The summed E-state index contributed by atoms with van der Waals surface area (Å²) in [6, 6.07) is 0. The van der Waals surface area contributed by atoms with Gasteiger partial charge in [0.25, 0.3) is 0 Å². The Balaban J connectivity index is 0. The second-order valence-corrected chi connectivity index (χ2v) is 14.1. The van der Waals surface area contributed by atoms with Crippen molar-refractivity contribution >= 4 is 7.26 Å². The van der Waals surface area contributed by atoms with E-state index in [0.717, 1.165) is 0 Å². The average molecular weight is 440 g/mol. The first-order chi connectivity index (χ1) is 14.7. The normalized spacial score (nSPS) is 11.1. The van der Waals surface area contributed by atoms with Crippen LogP contribution in [0.4, 0.5) is 0 Å². The van der Waals surface area contributed by atoms with E-state index in [4.69, 9.17) is 10.5 Å². The summed E-state index contributed by atoms with van der Waals surface area (Å²) in [5.41, 5.74) is 0. The van der Waals surface area contributed by atoms with E-state index in [2.05, 4.69) is 27.7 Å². The van der Waals surface area contributed by atoms with Crippen molar-refractivity contribution in [3.05, 3.63) is 0 Å². The molecule has 178 valence electrons. The van der Waals surface area contributed by atoms with Crippen LogP contribution >= 0.6 is 7.26 Å². The molecule has 0 radical (unpaired) electrons. The van der Waals surface area contributed by atoms with Crippen LogP contribution in [0.5, 0.6) is 0 Å². The monoisotopic (exact) mass is 439 g/mol. The van der Waals surface area contributed by atoms with E-state index in [9.17, 15) is 0 Å². The molecule has 0 aliphatic carbocycles. The molecule has 0 aromatic carbocycles. The van der Waals surface area contributed by atoms with E-state index in [1.165, 1.54) is 109 Å². The van der Waals surface area contributed by atoms with Gasteiger partial charge in [0.2, 0.25) is 0 Å². The van der Waals surface area contributed by atoms with Gasteiger partial charge >= 0.3 is 162 Å². The van der Waals surface area contributed by atoms with Crippen LogP contribution < -0.4 is 5.32 Å². The van der Waals surface area contributed by atoms with Crippen molar-refractivity contribution in [2.75, 3.05) is 24.6 Å². The molecule has 0 aromatic rings. The molecule has 0 saturated carbocycles. The molecule has 0 rings (SSSR count). The first-order valence-corrected chi connectivity index (χ1v) is 16.0. The summed E-state index contributed by atoms with van der Waals surface area (Å²) in [7, 11) is -0.949. The zero-order chi connectivity index (χ0) is 22.8. The van der Waals surface area contributed by atoms with Gasteiger partial charge in [-0.1, -0.05) is 0 Å². The maximum atomic E-state index is 7.48. The van der Waals surface area contributed by atoms with Gasteiger partial charge in [-0.2, -0.15) is 10.5 Å². The Morgan fingerprint density at radius 2 is 0.767 bits per heavy atom. The zero-order valence-electron chi connectivity index (χ0n) is 21.0. The van der Waals surface area contributed by atoms with Crippen molar-refractivity contribution in [2.24, 2.45) is 0 Å². The number of nitrogens with one attached hydrogen (secondary N) is 1. The van der Waals surface area contributed by atoms with Gasteiger partial charge in [0.05, 0.1) is 0 Å². The van der Waals surface area contributed by atoms with Crippen LogP contribution in [-0.4, -0.2) is 24.6 Å². The summed E-state index contributed by atoms with van der Waals surface area (Å²) in [4.78, 5) is 0. The fraction of sp³-hybridized carbons (Fsp3) is 0.923. The van der Waals surface area contributed by atoms with Gasteiger partial charge in [0.15, 0.2) is 12.4 Å². The Hall–Kier alpha value is -0.790. The summed E-state index contributed by atoms with van der Waals surface area (Å²) in [5.74, 6) is 0. The SMILES string of the molecule is CCCCCCCCCCCC[PH](CCCC)(CCCC)CCCC.N#CNC#N. The Morgan fingerprint density at radius 3 is 1.07 bits per heavy atom. The molecule has 0 aliphatic heterocycles. The predicted molar refractivity (Wildman–Crippen MR) is 139 cm³/mol. The summed E-state index contributed by atoms with van der Waals surface area (Å²) >= 11 is 0. The molecule has 30 heavy (non-hydrogen) atoms. The minimum absolute atomic E-state index is 0.949. The number of rotatable bonds is 20. The van der Waals surface area contributed by atoms with Crippen molar-refractivity contribution in [3.63, 3.8) is 0 Å². The molecule has 0 fully saturated rings. The minimum atomic E-state index is -0.949. The van der Waals surface area contributed by atoms with Gasteiger partial charge in [-0.05, 0) is 0 Å². The summed E-state index contributed by atoms with van der Waals surface area (Å²) < 4.78 is 0. The summed E-state index contributed by atoms with van der Waals surface area (Å²) in [5, 5.41) is 16.7. The fourth-order valence-electron chi connectivity index (χ4n) is 4.42. The molecule has 1 N–H and O–H groups in total. The second-order valence-electron chi connectivity index (χ2n) is 9.09. The van der Waals surface area contributed by atoms with Gasteiger partial charge in [0, 0.05) is 0 Å². The average Bonchev–Trinajstić information content (AvgIpc) is 2.76. The smallest absolute Gasteiger partial charge is 0.190 e. The van der Waals surface area contributed by atoms with Crippen molar-refractivity contribution in [2.45, 2.75) is 130 Å². The van der Waals surface area contributed by atoms with Crippen LogP contribution in [-0.2, 0) is 0 Å². The molecule has 0 bridgehead atoms. The number of hydrogen-bond donors (Lipinski definition) is 1. The van der Waals surface area contributed by atoms with E-state index < -0.39 is 7.26 Å². The standard InChI is InChI=1S/C24H53P.C2HN3/c1-5-9-13-14-15-16-17-18-19-20-24-25(21-10-6-2,22-11-7-3)23-12-8-4;3-1-5-2-4/h25H,5-24H2,1-4H3;5H. The first-order valence-electron chi connectivity index (χ1n) is 13.2. The Morgan fingerprint density at radius 1 is 0.467 bits per heavy atom. The van der Waals surface area contributed by atoms with E-state index >= 15 is 0 Å². The number of nitrogens with zero attached hydrogens (tertiary/aromatic N) is 2. The molecule has 0 amide bonds. The number of nitriles is 2. The third-order valence-electron chi connectivity index (χ3n) is 6.35. The molecule has 0 heterocycles. The minimum Gasteiger partial charge on any atom is -0.229 e. The maximum absolute atomic E-state index is 7.48. The third kappa shape index (κ3) is 21.9. The van der Waals surface area contributed by atoms with Crippen molar-refractivity contribution in [3.8, 4) is 12.4 Å². The number of hydrogen-bond acceptors (Lipinski definition) is 3. The molecule has 0 aliphatic rings. The Bertz CT molecular complexity index is 378. The topological polar surface area (TPSA) is 59.6 Å². The van der Waals surface area contributed by atoms with E-state index in [0.29, 0.717) is 0 Å². The number of unbranched alkanes of at least 4 members (excludes halogenated alkanes) is 12. The van der Waals surface area contributed by atoms with Crippen molar-refractivity contribution in [1.29, 1.82) is 10.5 Å². The molecule has 0 spiro atoms. The Kier molecular flexibility index (Phi) is 27.5. The van der Waals surface area contributed by atoms with Crippen LogP contribution in [0.1, 0.15) is 130 Å². The molecule has 3 nitrogen and oxygen atoms in total. The van der Waals surface area contributed by atoms with Crippen LogP contribution in [0, 0.1) is 22.9 Å². The maximum Gasteiger partial charge on any atom is 0.190 e. The summed E-state index contributed by atoms with van der Waals surface area (Å²) in [6.07, 6.45) is 33.0. The van der Waals surface area contributed by atoms with E-state index in [-0.39, 0.29) is 0 Å². The first kappa shape index (κ1) is 31.4. The molecule has 0 saturated heterocycles. The van der Waals surface area contributed by atoms with Crippen LogP contribution in [0.15, 0.2) is 0 Å². The molecule has 0 unspecified atom stereocenters. The predicted octanol–water partition coefficient (Wildman–Crippen LogP) is 8.60.